The second-order valence-corrected chi connectivity index (χ2v) is 4.24. The van der Waals surface area contributed by atoms with Crippen LogP contribution < -0.4 is 0 Å². The van der Waals surface area contributed by atoms with Crippen molar-refractivity contribution in [3.8, 4) is 0 Å². The summed E-state index contributed by atoms with van der Waals surface area (Å²) in [4.78, 5) is 2.37. The van der Waals surface area contributed by atoms with Crippen LogP contribution in [0.2, 0.25) is 0 Å². The molecular formula is C16H19N. The fourth-order valence-electron chi connectivity index (χ4n) is 1.92. The van der Waals surface area contributed by atoms with E-state index < -0.39 is 0 Å². The molecule has 2 rings (SSSR count). The summed E-state index contributed by atoms with van der Waals surface area (Å²) in [5.74, 6) is 0. The van der Waals surface area contributed by atoms with Crippen LogP contribution in [0.4, 0.5) is 0 Å². The fraction of sp³-hybridized carbons (Fsp3) is 0.250. The maximum atomic E-state index is 2.37. The molecule has 1 nitrogen and oxygen atoms in total. The predicted molar refractivity (Wildman–Crippen MR) is 74.6 cm³/mol. The quantitative estimate of drug-likeness (QED) is 0.703. The molecule has 0 bridgehead atoms. The second kappa shape index (κ2) is 6.74. The largest absolute Gasteiger partial charge is 0.377 e. The van der Waals surface area contributed by atoms with Crippen molar-refractivity contribution in [2.45, 2.75) is 12.8 Å². The van der Waals surface area contributed by atoms with Crippen LogP contribution in [-0.4, -0.2) is 18.0 Å². The van der Waals surface area contributed by atoms with Crippen molar-refractivity contribution in [1.82, 2.24) is 4.90 Å². The molecular weight excluding hydrogens is 206 g/mol. The minimum atomic E-state index is 1.21. The van der Waals surface area contributed by atoms with E-state index in [1.807, 2.05) is 6.07 Å². The summed E-state index contributed by atoms with van der Waals surface area (Å²) in [6, 6.07) is 10.3. The standard InChI is InChI=1S/C16H19N/c1(2-7-13-17-14-8-9-15-17)4-10-16-11-5-3-6-12-16/h1-7,10-13H,8-9,14-15H2/b2-1+,10-4+,13-7+. The Kier molecular flexibility index (Phi) is 4.65. The Bertz CT molecular complexity index is 395. The minimum absolute atomic E-state index is 1.21. The molecule has 0 aromatic heterocycles. The van der Waals surface area contributed by atoms with Crippen molar-refractivity contribution < 1.29 is 0 Å². The number of likely N-dealkylation sites (tertiary alicyclic amines) is 1. The molecule has 17 heavy (non-hydrogen) atoms. The van der Waals surface area contributed by atoms with E-state index in [0.29, 0.717) is 0 Å². The van der Waals surface area contributed by atoms with Gasteiger partial charge < -0.3 is 4.90 Å². The van der Waals surface area contributed by atoms with E-state index in [-0.39, 0.29) is 0 Å². The Balaban J connectivity index is 1.75. The first kappa shape index (κ1) is 11.7. The highest BCUT2D eigenvalue weighted by atomic mass is 15.1. The van der Waals surface area contributed by atoms with Gasteiger partial charge in [-0.15, -0.1) is 0 Å². The highest BCUT2D eigenvalue weighted by Crippen LogP contribution is 2.07. The van der Waals surface area contributed by atoms with E-state index >= 15 is 0 Å². The number of allylic oxidation sites excluding steroid dienone is 4. The molecule has 88 valence electrons. The third-order valence-electron chi connectivity index (χ3n) is 2.86. The Morgan fingerprint density at radius 1 is 0.824 bits per heavy atom. The number of hydrogen-bond donors (Lipinski definition) is 0. The molecule has 0 saturated carbocycles. The topological polar surface area (TPSA) is 3.24 Å². The molecule has 0 atom stereocenters. The van der Waals surface area contributed by atoms with Crippen LogP contribution >= 0.6 is 0 Å². The SMILES string of the molecule is C(=C\C=C\N1CCCC1)/C=C/c1ccccc1. The van der Waals surface area contributed by atoms with Gasteiger partial charge in [0.05, 0.1) is 0 Å². The summed E-state index contributed by atoms with van der Waals surface area (Å²) in [5, 5.41) is 0. The molecule has 0 spiro atoms. The molecule has 0 amide bonds. The maximum Gasteiger partial charge on any atom is 0.0173 e. The van der Waals surface area contributed by atoms with E-state index in [1.165, 1.54) is 31.5 Å². The number of benzene rings is 1. The summed E-state index contributed by atoms with van der Waals surface area (Å²) < 4.78 is 0. The zero-order chi connectivity index (χ0) is 11.8. The Labute approximate surface area is 104 Å². The summed E-state index contributed by atoms with van der Waals surface area (Å²) in [6.45, 7) is 2.42. The van der Waals surface area contributed by atoms with Gasteiger partial charge in [0.25, 0.3) is 0 Å². The first-order valence-corrected chi connectivity index (χ1v) is 6.26. The number of nitrogens with zero attached hydrogens (tertiary/aromatic N) is 1. The normalized spacial score (nSPS) is 16.8. The van der Waals surface area contributed by atoms with Crippen LogP contribution in [-0.2, 0) is 0 Å². The van der Waals surface area contributed by atoms with Crippen molar-refractivity contribution in [2.24, 2.45) is 0 Å². The maximum absolute atomic E-state index is 2.37. The molecule has 1 aromatic carbocycles. The van der Waals surface area contributed by atoms with Crippen LogP contribution in [0.5, 0.6) is 0 Å². The van der Waals surface area contributed by atoms with Gasteiger partial charge in [-0.3, -0.25) is 0 Å². The van der Waals surface area contributed by atoms with Crippen LogP contribution in [0.1, 0.15) is 18.4 Å². The first-order valence-electron chi connectivity index (χ1n) is 6.26. The van der Waals surface area contributed by atoms with Gasteiger partial charge in [-0.05, 0) is 30.7 Å². The summed E-state index contributed by atoms with van der Waals surface area (Å²) in [7, 11) is 0. The third kappa shape index (κ3) is 4.31. The highest BCUT2D eigenvalue weighted by molar-refractivity contribution is 5.50. The molecule has 1 aliphatic heterocycles. The molecule has 1 saturated heterocycles. The summed E-state index contributed by atoms with van der Waals surface area (Å²) >= 11 is 0. The van der Waals surface area contributed by atoms with Crippen LogP contribution in [0.15, 0.2) is 60.8 Å². The lowest BCUT2D eigenvalue weighted by Gasteiger charge is -2.08. The van der Waals surface area contributed by atoms with Gasteiger partial charge in [0, 0.05) is 13.1 Å². The molecule has 1 heteroatoms. The molecule has 1 fully saturated rings. The predicted octanol–water partition coefficient (Wildman–Crippen LogP) is 3.87. The average Bonchev–Trinajstić information content (AvgIpc) is 2.88. The lowest BCUT2D eigenvalue weighted by Crippen LogP contribution is -2.09. The summed E-state index contributed by atoms with van der Waals surface area (Å²) in [6.07, 6.45) is 15.3. The third-order valence-corrected chi connectivity index (χ3v) is 2.86. The lowest BCUT2D eigenvalue weighted by atomic mass is 10.2. The van der Waals surface area contributed by atoms with Crippen LogP contribution in [0, 0.1) is 0 Å². The van der Waals surface area contributed by atoms with Gasteiger partial charge in [0.1, 0.15) is 0 Å². The molecule has 0 radical (unpaired) electrons. The summed E-state index contributed by atoms with van der Waals surface area (Å²) in [5.41, 5.74) is 1.24. The van der Waals surface area contributed by atoms with Gasteiger partial charge >= 0.3 is 0 Å². The molecule has 0 N–H and O–H groups in total. The number of hydrogen-bond acceptors (Lipinski definition) is 1. The smallest absolute Gasteiger partial charge is 0.0173 e. The van der Waals surface area contributed by atoms with E-state index in [0.717, 1.165) is 0 Å². The average molecular weight is 225 g/mol. The fourth-order valence-corrected chi connectivity index (χ4v) is 1.92. The minimum Gasteiger partial charge on any atom is -0.377 e. The van der Waals surface area contributed by atoms with Gasteiger partial charge in [-0.2, -0.15) is 0 Å². The molecule has 0 unspecified atom stereocenters. The Morgan fingerprint density at radius 3 is 2.29 bits per heavy atom. The molecule has 0 aliphatic carbocycles. The zero-order valence-electron chi connectivity index (χ0n) is 10.1. The van der Waals surface area contributed by atoms with Crippen molar-refractivity contribution in [2.75, 3.05) is 13.1 Å². The van der Waals surface area contributed by atoms with Gasteiger partial charge in [0.2, 0.25) is 0 Å². The van der Waals surface area contributed by atoms with Crippen molar-refractivity contribution in [3.05, 3.63) is 66.4 Å². The van der Waals surface area contributed by atoms with Crippen molar-refractivity contribution >= 4 is 6.08 Å². The first-order chi connectivity index (χ1) is 8.45. The van der Waals surface area contributed by atoms with Crippen LogP contribution in [0.25, 0.3) is 6.08 Å². The van der Waals surface area contributed by atoms with E-state index in [9.17, 15) is 0 Å². The molecule has 1 heterocycles. The monoisotopic (exact) mass is 225 g/mol. The van der Waals surface area contributed by atoms with Gasteiger partial charge in [0.15, 0.2) is 0 Å². The van der Waals surface area contributed by atoms with E-state index in [2.05, 4.69) is 65.7 Å². The van der Waals surface area contributed by atoms with Crippen LogP contribution in [0.3, 0.4) is 0 Å². The van der Waals surface area contributed by atoms with Gasteiger partial charge in [-0.25, -0.2) is 0 Å². The molecule has 1 aromatic rings. The van der Waals surface area contributed by atoms with Crippen molar-refractivity contribution in [3.63, 3.8) is 0 Å². The highest BCUT2D eigenvalue weighted by Gasteiger charge is 2.04. The Hall–Kier alpha value is -1.76. The van der Waals surface area contributed by atoms with Crippen molar-refractivity contribution in [1.29, 1.82) is 0 Å². The van der Waals surface area contributed by atoms with E-state index in [1.54, 1.807) is 0 Å². The van der Waals surface area contributed by atoms with E-state index in [4.69, 9.17) is 0 Å². The lowest BCUT2D eigenvalue weighted by molar-refractivity contribution is 0.468. The van der Waals surface area contributed by atoms with Gasteiger partial charge in [-0.1, -0.05) is 54.6 Å². The number of rotatable bonds is 4. The zero-order valence-corrected chi connectivity index (χ0v) is 10.1. The second-order valence-electron chi connectivity index (χ2n) is 4.24. The molecule has 1 aliphatic rings. The Morgan fingerprint density at radius 2 is 1.53 bits per heavy atom.